The number of carbonyl (C=O) groups is 2. The number of rotatable bonds is 4. The quantitative estimate of drug-likeness (QED) is 0.924. The van der Waals surface area contributed by atoms with E-state index in [-0.39, 0.29) is 17.9 Å². The van der Waals surface area contributed by atoms with Crippen molar-refractivity contribution < 1.29 is 9.59 Å². The first kappa shape index (κ1) is 16.6. The smallest absolute Gasteiger partial charge is 0.261 e. The third-order valence-electron chi connectivity index (χ3n) is 4.10. The Bertz CT molecular complexity index is 759. The Morgan fingerprint density at radius 2 is 2.21 bits per heavy atom. The minimum Gasteiger partial charge on any atom is -0.346 e. The molecule has 0 spiro atoms. The molecule has 126 valence electrons. The number of aromatic nitrogens is 2. The van der Waals surface area contributed by atoms with Crippen LogP contribution in [0.3, 0.4) is 0 Å². The highest BCUT2D eigenvalue weighted by Gasteiger charge is 2.29. The molecule has 2 aromatic rings. The predicted molar refractivity (Wildman–Crippen MR) is 91.6 cm³/mol. The van der Waals surface area contributed by atoms with Crippen LogP contribution in [0.4, 0.5) is 0 Å². The Labute approximate surface area is 144 Å². The molecule has 1 atom stereocenters. The lowest BCUT2D eigenvalue weighted by Crippen LogP contribution is -2.29. The van der Waals surface area contributed by atoms with Crippen molar-refractivity contribution in [1.82, 2.24) is 20.2 Å². The van der Waals surface area contributed by atoms with Crippen LogP contribution in [0.5, 0.6) is 0 Å². The van der Waals surface area contributed by atoms with Gasteiger partial charge in [-0.05, 0) is 31.9 Å². The van der Waals surface area contributed by atoms with Crippen molar-refractivity contribution in [1.29, 1.82) is 0 Å². The van der Waals surface area contributed by atoms with Crippen molar-refractivity contribution in [2.45, 2.75) is 39.3 Å². The SMILES string of the molecule is CC(=O)N1CCC[C@@H]1c1cncc(CNC(=O)c2ccc(C)s2)n1. The molecule has 0 radical (unpaired) electrons. The Morgan fingerprint density at radius 3 is 2.92 bits per heavy atom. The summed E-state index contributed by atoms with van der Waals surface area (Å²) in [6.07, 6.45) is 5.24. The minimum absolute atomic E-state index is 0.00871. The predicted octanol–water partition coefficient (Wildman–Crippen LogP) is 2.46. The molecular weight excluding hydrogens is 324 g/mol. The Hall–Kier alpha value is -2.28. The van der Waals surface area contributed by atoms with E-state index in [0.29, 0.717) is 17.1 Å². The summed E-state index contributed by atoms with van der Waals surface area (Å²) in [5.74, 6) is -0.0439. The van der Waals surface area contributed by atoms with Crippen LogP contribution in [0, 0.1) is 6.92 Å². The molecule has 1 aliphatic rings. The van der Waals surface area contributed by atoms with Crippen LogP contribution in [0.2, 0.25) is 0 Å². The molecule has 3 rings (SSSR count). The number of aryl methyl sites for hydroxylation is 1. The third-order valence-corrected chi connectivity index (χ3v) is 5.10. The van der Waals surface area contributed by atoms with Gasteiger partial charge < -0.3 is 10.2 Å². The van der Waals surface area contributed by atoms with E-state index in [1.165, 1.54) is 11.3 Å². The second-order valence-electron chi connectivity index (χ2n) is 5.90. The number of nitrogens with zero attached hydrogens (tertiary/aromatic N) is 3. The largest absolute Gasteiger partial charge is 0.346 e. The van der Waals surface area contributed by atoms with Gasteiger partial charge in [0.15, 0.2) is 0 Å². The van der Waals surface area contributed by atoms with Gasteiger partial charge >= 0.3 is 0 Å². The van der Waals surface area contributed by atoms with Gasteiger partial charge in [0.25, 0.3) is 5.91 Å². The summed E-state index contributed by atoms with van der Waals surface area (Å²) in [6, 6.07) is 3.74. The van der Waals surface area contributed by atoms with Gasteiger partial charge in [0.05, 0.1) is 41.2 Å². The fourth-order valence-electron chi connectivity index (χ4n) is 2.93. The van der Waals surface area contributed by atoms with Crippen molar-refractivity contribution in [2.24, 2.45) is 0 Å². The van der Waals surface area contributed by atoms with Gasteiger partial charge in [0.2, 0.25) is 5.91 Å². The Kier molecular flexibility index (Phi) is 4.89. The number of carbonyl (C=O) groups excluding carboxylic acids is 2. The van der Waals surface area contributed by atoms with Crippen LogP contribution in [-0.4, -0.2) is 33.2 Å². The molecule has 6 nitrogen and oxygen atoms in total. The van der Waals surface area contributed by atoms with Crippen molar-refractivity contribution in [2.75, 3.05) is 6.54 Å². The summed E-state index contributed by atoms with van der Waals surface area (Å²) in [5, 5.41) is 2.87. The zero-order valence-corrected chi connectivity index (χ0v) is 14.6. The van der Waals surface area contributed by atoms with Crippen LogP contribution in [0.25, 0.3) is 0 Å². The molecule has 1 fully saturated rings. The molecule has 0 aromatic carbocycles. The lowest BCUT2D eigenvalue weighted by Gasteiger charge is -2.22. The molecule has 3 heterocycles. The standard InChI is InChI=1S/C17H20N4O2S/c1-11-5-6-16(24-11)17(23)19-9-13-8-18-10-14(20-13)15-4-3-7-21(15)12(2)22/h5-6,8,10,15H,3-4,7,9H2,1-2H3,(H,19,23)/t15-/m1/s1. The maximum Gasteiger partial charge on any atom is 0.261 e. The Balaban J connectivity index is 1.67. The zero-order valence-electron chi connectivity index (χ0n) is 13.8. The number of nitrogens with one attached hydrogen (secondary N) is 1. The Morgan fingerprint density at radius 1 is 1.38 bits per heavy atom. The summed E-state index contributed by atoms with van der Waals surface area (Å²) < 4.78 is 0. The van der Waals surface area contributed by atoms with E-state index in [0.717, 1.165) is 30.0 Å². The van der Waals surface area contributed by atoms with Crippen molar-refractivity contribution in [3.05, 3.63) is 45.7 Å². The molecule has 24 heavy (non-hydrogen) atoms. The molecule has 0 aliphatic carbocycles. The first-order valence-corrected chi connectivity index (χ1v) is 8.79. The number of thiophene rings is 1. The number of amides is 2. The monoisotopic (exact) mass is 344 g/mol. The highest BCUT2D eigenvalue weighted by atomic mass is 32.1. The first-order chi connectivity index (χ1) is 11.5. The average molecular weight is 344 g/mol. The van der Waals surface area contributed by atoms with E-state index in [1.807, 2.05) is 24.0 Å². The summed E-state index contributed by atoms with van der Waals surface area (Å²) >= 11 is 1.47. The van der Waals surface area contributed by atoms with Crippen LogP contribution in [-0.2, 0) is 11.3 Å². The molecule has 0 saturated carbocycles. The van der Waals surface area contributed by atoms with Gasteiger partial charge in [-0.3, -0.25) is 19.6 Å². The fourth-order valence-corrected chi connectivity index (χ4v) is 3.72. The average Bonchev–Trinajstić information content (AvgIpc) is 3.22. The maximum absolute atomic E-state index is 12.1. The van der Waals surface area contributed by atoms with E-state index in [4.69, 9.17) is 0 Å². The molecule has 0 bridgehead atoms. The van der Waals surface area contributed by atoms with Crippen molar-refractivity contribution in [3.8, 4) is 0 Å². The molecule has 1 saturated heterocycles. The van der Waals surface area contributed by atoms with E-state index in [2.05, 4.69) is 15.3 Å². The van der Waals surface area contributed by atoms with Crippen LogP contribution < -0.4 is 5.32 Å². The lowest BCUT2D eigenvalue weighted by molar-refractivity contribution is -0.129. The van der Waals surface area contributed by atoms with E-state index >= 15 is 0 Å². The lowest BCUT2D eigenvalue weighted by atomic mass is 10.1. The van der Waals surface area contributed by atoms with Crippen molar-refractivity contribution in [3.63, 3.8) is 0 Å². The summed E-state index contributed by atoms with van der Waals surface area (Å²) in [6.45, 7) is 4.64. The van der Waals surface area contributed by atoms with Crippen molar-refractivity contribution >= 4 is 23.2 Å². The second kappa shape index (κ2) is 7.09. The minimum atomic E-state index is -0.105. The third kappa shape index (κ3) is 3.62. The van der Waals surface area contributed by atoms with Gasteiger partial charge in [0.1, 0.15) is 0 Å². The molecule has 2 aromatic heterocycles. The van der Waals surface area contributed by atoms with Gasteiger partial charge in [-0.15, -0.1) is 11.3 Å². The highest BCUT2D eigenvalue weighted by molar-refractivity contribution is 7.13. The number of hydrogen-bond acceptors (Lipinski definition) is 5. The molecule has 0 unspecified atom stereocenters. The topological polar surface area (TPSA) is 75.2 Å². The maximum atomic E-state index is 12.1. The number of likely N-dealkylation sites (tertiary alicyclic amines) is 1. The van der Waals surface area contributed by atoms with Crippen LogP contribution in [0.15, 0.2) is 24.5 Å². The van der Waals surface area contributed by atoms with Gasteiger partial charge in [-0.2, -0.15) is 0 Å². The summed E-state index contributed by atoms with van der Waals surface area (Å²) in [4.78, 5) is 36.3. The second-order valence-corrected chi connectivity index (χ2v) is 7.19. The molecule has 1 N–H and O–H groups in total. The number of hydrogen-bond donors (Lipinski definition) is 1. The summed E-state index contributed by atoms with van der Waals surface area (Å²) in [5.41, 5.74) is 1.49. The van der Waals surface area contributed by atoms with Gasteiger partial charge in [-0.1, -0.05) is 0 Å². The van der Waals surface area contributed by atoms with E-state index < -0.39 is 0 Å². The van der Waals surface area contributed by atoms with E-state index in [9.17, 15) is 9.59 Å². The van der Waals surface area contributed by atoms with Gasteiger partial charge in [-0.25, -0.2) is 0 Å². The molecule has 2 amide bonds. The summed E-state index contributed by atoms with van der Waals surface area (Å²) in [7, 11) is 0. The van der Waals surface area contributed by atoms with Gasteiger partial charge in [0, 0.05) is 18.3 Å². The van der Waals surface area contributed by atoms with E-state index in [1.54, 1.807) is 19.3 Å². The highest BCUT2D eigenvalue weighted by Crippen LogP contribution is 2.30. The van der Waals surface area contributed by atoms with Crippen LogP contribution >= 0.6 is 11.3 Å². The molecule has 7 heteroatoms. The molecular formula is C17H20N4O2S. The van der Waals surface area contributed by atoms with Crippen LogP contribution in [0.1, 0.15) is 51.7 Å². The fraction of sp³-hybridized carbons (Fsp3) is 0.412. The first-order valence-electron chi connectivity index (χ1n) is 7.97. The molecule has 1 aliphatic heterocycles. The normalized spacial score (nSPS) is 17.1. The zero-order chi connectivity index (χ0) is 17.1.